The second-order valence-corrected chi connectivity index (χ2v) is 6.93. The molecule has 7 heteroatoms. The predicted octanol–water partition coefficient (Wildman–Crippen LogP) is 1.99. The molecule has 0 unspecified atom stereocenters. The molecule has 7 nitrogen and oxygen atoms in total. The second kappa shape index (κ2) is 4.86. The zero-order valence-corrected chi connectivity index (χ0v) is 13.2. The van der Waals surface area contributed by atoms with Crippen LogP contribution in [0, 0.1) is 22.0 Å². The molecule has 25 heavy (non-hydrogen) atoms. The Bertz CT molecular complexity index is 928. The van der Waals surface area contributed by atoms with E-state index in [0.29, 0.717) is 16.5 Å². The van der Waals surface area contributed by atoms with Gasteiger partial charge in [-0.3, -0.25) is 19.7 Å². The summed E-state index contributed by atoms with van der Waals surface area (Å²) in [5.74, 6) is -0.983. The van der Waals surface area contributed by atoms with Gasteiger partial charge in [-0.05, 0) is 25.0 Å². The third-order valence-electron chi connectivity index (χ3n) is 5.80. The van der Waals surface area contributed by atoms with Crippen molar-refractivity contribution in [2.75, 3.05) is 4.90 Å². The maximum Gasteiger partial charge on any atom is 0.277 e. The van der Waals surface area contributed by atoms with Crippen LogP contribution in [0.3, 0.4) is 0 Å². The number of nitro benzene ring substituents is 1. The Kier molecular flexibility index (Phi) is 2.82. The Hall–Kier alpha value is -2.80. The molecule has 1 N–H and O–H groups in total. The number of rotatable bonds is 2. The first-order valence-corrected chi connectivity index (χ1v) is 8.38. The summed E-state index contributed by atoms with van der Waals surface area (Å²) in [5.41, 5.74) is 0.422. The van der Waals surface area contributed by atoms with Crippen molar-refractivity contribution in [1.82, 2.24) is 5.32 Å². The molecule has 0 aromatic heterocycles. The monoisotopic (exact) mass is 337 g/mol. The van der Waals surface area contributed by atoms with Crippen LogP contribution >= 0.6 is 0 Å². The Morgan fingerprint density at radius 3 is 2.16 bits per heavy atom. The fraction of sp³-hybridized carbons (Fsp3) is 0.333. The molecule has 3 saturated heterocycles. The summed E-state index contributed by atoms with van der Waals surface area (Å²) in [5, 5.41) is 15.6. The molecule has 2 aromatic rings. The van der Waals surface area contributed by atoms with E-state index in [9.17, 15) is 19.7 Å². The van der Waals surface area contributed by atoms with Crippen LogP contribution in [0.5, 0.6) is 0 Å². The summed E-state index contributed by atoms with van der Waals surface area (Å²) >= 11 is 0. The fourth-order valence-corrected chi connectivity index (χ4v) is 4.78. The molecule has 2 aromatic carbocycles. The van der Waals surface area contributed by atoms with E-state index in [4.69, 9.17) is 0 Å². The van der Waals surface area contributed by atoms with Crippen LogP contribution in [-0.2, 0) is 9.59 Å². The highest BCUT2D eigenvalue weighted by molar-refractivity contribution is 6.26. The number of hydrogen-bond acceptors (Lipinski definition) is 5. The maximum absolute atomic E-state index is 13.0. The molecule has 4 atom stereocenters. The van der Waals surface area contributed by atoms with Crippen LogP contribution < -0.4 is 10.2 Å². The number of carbonyl (C=O) groups is 2. The van der Waals surface area contributed by atoms with E-state index in [-0.39, 0.29) is 41.4 Å². The number of nitro groups is 1. The SMILES string of the molecule is O=C1[C@@H]2[C@H](C(=O)N1c1ccc([N+](=O)[O-])c3ccccc13)[C@@H]1CC[C@H]2N1. The molecule has 0 saturated carbocycles. The number of imide groups is 1. The summed E-state index contributed by atoms with van der Waals surface area (Å²) in [6.45, 7) is 0. The molecule has 0 aliphatic carbocycles. The van der Waals surface area contributed by atoms with Crippen molar-refractivity contribution in [3.05, 3.63) is 46.5 Å². The molecule has 126 valence electrons. The van der Waals surface area contributed by atoms with Gasteiger partial charge in [0.1, 0.15) is 0 Å². The second-order valence-electron chi connectivity index (χ2n) is 6.93. The topological polar surface area (TPSA) is 92.5 Å². The summed E-state index contributed by atoms with van der Waals surface area (Å²) in [4.78, 5) is 38.1. The minimum absolute atomic E-state index is 0.0274. The average Bonchev–Trinajstić information content (AvgIpc) is 3.28. The van der Waals surface area contributed by atoms with E-state index in [2.05, 4.69) is 5.32 Å². The van der Waals surface area contributed by atoms with Gasteiger partial charge in [0.25, 0.3) is 5.69 Å². The van der Waals surface area contributed by atoms with Gasteiger partial charge in [-0.25, -0.2) is 4.90 Å². The van der Waals surface area contributed by atoms with Gasteiger partial charge in [0.05, 0.1) is 27.8 Å². The molecular weight excluding hydrogens is 322 g/mol. The normalized spacial score (nSPS) is 30.3. The van der Waals surface area contributed by atoms with Crippen LogP contribution in [0.15, 0.2) is 36.4 Å². The van der Waals surface area contributed by atoms with Crippen molar-refractivity contribution in [3.8, 4) is 0 Å². The van der Waals surface area contributed by atoms with Crippen molar-refractivity contribution in [3.63, 3.8) is 0 Å². The lowest BCUT2D eigenvalue weighted by molar-refractivity contribution is -0.383. The van der Waals surface area contributed by atoms with Gasteiger partial charge in [-0.15, -0.1) is 0 Å². The van der Waals surface area contributed by atoms with E-state index >= 15 is 0 Å². The molecule has 2 bridgehead atoms. The van der Waals surface area contributed by atoms with Crippen LogP contribution in [0.4, 0.5) is 11.4 Å². The van der Waals surface area contributed by atoms with Crippen molar-refractivity contribution in [2.45, 2.75) is 24.9 Å². The van der Waals surface area contributed by atoms with Gasteiger partial charge < -0.3 is 5.32 Å². The Labute approximate surface area is 142 Å². The fourth-order valence-electron chi connectivity index (χ4n) is 4.78. The molecule has 3 fully saturated rings. The summed E-state index contributed by atoms with van der Waals surface area (Å²) in [7, 11) is 0. The number of amides is 2. The summed E-state index contributed by atoms with van der Waals surface area (Å²) in [6, 6.07) is 9.87. The predicted molar refractivity (Wildman–Crippen MR) is 90.0 cm³/mol. The number of hydrogen-bond donors (Lipinski definition) is 1. The molecule has 3 heterocycles. The van der Waals surface area contributed by atoms with Crippen molar-refractivity contribution >= 4 is 34.0 Å². The zero-order valence-electron chi connectivity index (χ0n) is 13.2. The van der Waals surface area contributed by atoms with E-state index in [1.807, 2.05) is 0 Å². The Morgan fingerprint density at radius 1 is 0.960 bits per heavy atom. The lowest BCUT2D eigenvalue weighted by atomic mass is 9.81. The van der Waals surface area contributed by atoms with Gasteiger partial charge in [0.2, 0.25) is 11.8 Å². The number of nitrogens with one attached hydrogen (secondary N) is 1. The highest BCUT2D eigenvalue weighted by Crippen LogP contribution is 2.47. The standard InChI is InChI=1S/C18H15N3O4/c22-17-15-11-5-6-12(19-11)16(15)18(23)20(17)13-7-8-14(21(24)25)10-4-2-1-3-9(10)13/h1-4,7-8,11-12,15-16,19H,5-6H2/t11-,12+,15+,16-. The Morgan fingerprint density at radius 2 is 1.56 bits per heavy atom. The molecule has 0 radical (unpaired) electrons. The van der Waals surface area contributed by atoms with Crippen molar-refractivity contribution in [2.24, 2.45) is 11.8 Å². The minimum atomic E-state index is -0.446. The van der Waals surface area contributed by atoms with Gasteiger partial charge in [0, 0.05) is 23.5 Å². The van der Waals surface area contributed by atoms with Gasteiger partial charge in [-0.2, -0.15) is 0 Å². The van der Waals surface area contributed by atoms with Crippen molar-refractivity contribution in [1.29, 1.82) is 0 Å². The molecule has 0 spiro atoms. The summed E-state index contributed by atoms with van der Waals surface area (Å²) < 4.78 is 0. The number of carbonyl (C=O) groups excluding carboxylic acids is 2. The number of fused-ring (bicyclic) bond motifs is 6. The molecular formula is C18H15N3O4. The third-order valence-corrected chi connectivity index (χ3v) is 5.80. The quantitative estimate of drug-likeness (QED) is 0.514. The van der Waals surface area contributed by atoms with Crippen molar-refractivity contribution < 1.29 is 14.5 Å². The number of anilines is 1. The van der Waals surface area contributed by atoms with Crippen LogP contribution in [0.1, 0.15) is 12.8 Å². The zero-order chi connectivity index (χ0) is 17.3. The van der Waals surface area contributed by atoms with Gasteiger partial charge in [0.15, 0.2) is 0 Å². The molecule has 5 rings (SSSR count). The Balaban J connectivity index is 1.67. The summed E-state index contributed by atoms with van der Waals surface area (Å²) in [6.07, 6.45) is 1.83. The first kappa shape index (κ1) is 14.5. The maximum atomic E-state index is 13.0. The lowest BCUT2D eigenvalue weighted by Crippen LogP contribution is -2.38. The number of non-ortho nitro benzene ring substituents is 1. The first-order chi connectivity index (χ1) is 12.1. The van der Waals surface area contributed by atoms with E-state index in [1.54, 1.807) is 24.3 Å². The van der Waals surface area contributed by atoms with E-state index in [1.165, 1.54) is 17.0 Å². The highest BCUT2D eigenvalue weighted by Gasteiger charge is 2.61. The number of nitrogens with zero attached hydrogens (tertiary/aromatic N) is 2. The lowest BCUT2D eigenvalue weighted by Gasteiger charge is -2.19. The van der Waals surface area contributed by atoms with Crippen LogP contribution in [0.2, 0.25) is 0 Å². The molecule has 3 aliphatic heterocycles. The highest BCUT2D eigenvalue weighted by atomic mass is 16.6. The van der Waals surface area contributed by atoms with E-state index in [0.717, 1.165) is 12.8 Å². The van der Waals surface area contributed by atoms with E-state index < -0.39 is 4.92 Å². The van der Waals surface area contributed by atoms with Crippen LogP contribution in [0.25, 0.3) is 10.8 Å². The largest absolute Gasteiger partial charge is 0.310 e. The minimum Gasteiger partial charge on any atom is -0.310 e. The smallest absolute Gasteiger partial charge is 0.277 e. The number of benzene rings is 2. The third kappa shape index (κ3) is 1.78. The molecule has 2 amide bonds. The van der Waals surface area contributed by atoms with Gasteiger partial charge in [-0.1, -0.05) is 18.2 Å². The van der Waals surface area contributed by atoms with Crippen LogP contribution in [-0.4, -0.2) is 28.8 Å². The van der Waals surface area contributed by atoms with Gasteiger partial charge >= 0.3 is 0 Å². The average molecular weight is 337 g/mol. The first-order valence-electron chi connectivity index (χ1n) is 8.38. The molecule has 3 aliphatic rings.